The molecule has 2 aromatic carbocycles. The van der Waals surface area contributed by atoms with Crippen molar-refractivity contribution in [1.82, 2.24) is 9.97 Å². The highest BCUT2D eigenvalue weighted by molar-refractivity contribution is 5.90. The number of nitrogens with one attached hydrogen (secondary N) is 1. The van der Waals surface area contributed by atoms with Gasteiger partial charge >= 0.3 is 0 Å². The molecule has 0 fully saturated rings. The van der Waals surface area contributed by atoms with Crippen LogP contribution in [0.5, 0.6) is 17.2 Å². The Balaban J connectivity index is 1.95. The van der Waals surface area contributed by atoms with Gasteiger partial charge in [-0.25, -0.2) is 4.98 Å². The molecule has 0 aliphatic rings. The lowest BCUT2D eigenvalue weighted by Gasteiger charge is -2.15. The Kier molecular flexibility index (Phi) is 5.85. The molecule has 0 unspecified atom stereocenters. The average Bonchev–Trinajstić information content (AvgIpc) is 3.15. The van der Waals surface area contributed by atoms with E-state index in [2.05, 4.69) is 23.0 Å². The Morgan fingerprint density at radius 3 is 2.68 bits per heavy atom. The maximum absolute atomic E-state index is 9.64. The fraction of sp³-hybridized carbons (Fsp3) is 0.273. The predicted octanol–water partition coefficient (Wildman–Crippen LogP) is 4.82. The van der Waals surface area contributed by atoms with Gasteiger partial charge < -0.3 is 19.2 Å². The Labute approximate surface area is 164 Å². The van der Waals surface area contributed by atoms with Crippen LogP contribution in [0, 0.1) is 11.3 Å². The molecular weight excluding hydrogens is 354 g/mol. The zero-order chi connectivity index (χ0) is 20.1. The van der Waals surface area contributed by atoms with E-state index in [0.29, 0.717) is 22.9 Å². The molecule has 3 rings (SSSR count). The van der Waals surface area contributed by atoms with Gasteiger partial charge in [-0.2, -0.15) is 5.26 Å². The molecule has 0 aliphatic heterocycles. The average molecular weight is 377 g/mol. The third kappa shape index (κ3) is 4.09. The number of H-pyrrole nitrogens is 1. The van der Waals surface area contributed by atoms with Crippen LogP contribution in [0.4, 0.5) is 0 Å². The van der Waals surface area contributed by atoms with E-state index in [1.165, 1.54) is 0 Å². The van der Waals surface area contributed by atoms with Crippen molar-refractivity contribution in [3.8, 4) is 23.3 Å². The lowest BCUT2D eigenvalue weighted by molar-refractivity contribution is 0.207. The van der Waals surface area contributed by atoms with E-state index in [-0.39, 0.29) is 6.10 Å². The quantitative estimate of drug-likeness (QED) is 0.597. The number of aromatic nitrogens is 2. The molecule has 0 bridgehead atoms. The fourth-order valence-electron chi connectivity index (χ4n) is 2.73. The first-order chi connectivity index (χ1) is 13.6. The normalized spacial score (nSPS) is 12.5. The summed E-state index contributed by atoms with van der Waals surface area (Å²) in [4.78, 5) is 7.69. The fourth-order valence-corrected chi connectivity index (χ4v) is 2.73. The summed E-state index contributed by atoms with van der Waals surface area (Å²) in [6.07, 6.45) is 2.77. The Bertz CT molecular complexity index is 1050. The van der Waals surface area contributed by atoms with Crippen LogP contribution in [0.1, 0.15) is 31.7 Å². The maximum Gasteiger partial charge on any atom is 0.161 e. The van der Waals surface area contributed by atoms with Gasteiger partial charge in [0, 0.05) is 6.07 Å². The van der Waals surface area contributed by atoms with Crippen molar-refractivity contribution in [3.63, 3.8) is 0 Å². The number of rotatable bonds is 7. The molecule has 6 heteroatoms. The van der Waals surface area contributed by atoms with Crippen molar-refractivity contribution in [1.29, 1.82) is 5.26 Å². The number of aromatic amines is 1. The van der Waals surface area contributed by atoms with Crippen LogP contribution in [-0.2, 0) is 0 Å². The van der Waals surface area contributed by atoms with Crippen molar-refractivity contribution >= 4 is 22.7 Å². The molecule has 6 nitrogen and oxygen atoms in total. The van der Waals surface area contributed by atoms with Crippen molar-refractivity contribution in [2.24, 2.45) is 0 Å². The van der Waals surface area contributed by atoms with Crippen LogP contribution in [0.15, 0.2) is 36.4 Å². The highest BCUT2D eigenvalue weighted by Gasteiger charge is 2.11. The number of ether oxygens (including phenoxy) is 3. The smallest absolute Gasteiger partial charge is 0.161 e. The summed E-state index contributed by atoms with van der Waals surface area (Å²) in [7, 11) is 3.21. The maximum atomic E-state index is 9.64. The summed E-state index contributed by atoms with van der Waals surface area (Å²) in [6.45, 7) is 4.08. The SMILES string of the molecule is CC[C@H](C)Oc1ccc(/C=C(/C#N)c2nc3ccc(OC)cc3[nH]2)cc1OC. The largest absolute Gasteiger partial charge is 0.497 e. The van der Waals surface area contributed by atoms with E-state index in [4.69, 9.17) is 14.2 Å². The van der Waals surface area contributed by atoms with Gasteiger partial charge in [-0.3, -0.25) is 0 Å². The molecule has 0 radical (unpaired) electrons. The molecule has 0 saturated heterocycles. The second kappa shape index (κ2) is 8.49. The number of hydrogen-bond donors (Lipinski definition) is 1. The molecule has 1 atom stereocenters. The third-order valence-corrected chi connectivity index (χ3v) is 4.47. The van der Waals surface area contributed by atoms with Gasteiger partial charge in [-0.1, -0.05) is 13.0 Å². The number of nitriles is 1. The molecule has 1 heterocycles. The number of benzene rings is 2. The van der Waals surface area contributed by atoms with Gasteiger partial charge in [0.15, 0.2) is 11.5 Å². The summed E-state index contributed by atoms with van der Waals surface area (Å²) in [6, 6.07) is 13.4. The standard InChI is InChI=1S/C22H23N3O3/c1-5-14(2)28-20-9-6-15(11-21(20)27-4)10-16(13-23)22-24-18-8-7-17(26-3)12-19(18)25-22/h6-12,14H,5H2,1-4H3,(H,24,25)/b16-10-/t14-/m0/s1. The topological polar surface area (TPSA) is 80.2 Å². The minimum atomic E-state index is 0.0949. The molecule has 28 heavy (non-hydrogen) atoms. The lowest BCUT2D eigenvalue weighted by atomic mass is 10.1. The van der Waals surface area contributed by atoms with Gasteiger partial charge in [0.25, 0.3) is 0 Å². The number of hydrogen-bond acceptors (Lipinski definition) is 5. The predicted molar refractivity (Wildman–Crippen MR) is 110 cm³/mol. The molecule has 1 aromatic heterocycles. The molecule has 0 saturated carbocycles. The Morgan fingerprint density at radius 1 is 1.18 bits per heavy atom. The molecular formula is C22H23N3O3. The molecule has 3 aromatic rings. The number of nitrogens with zero attached hydrogens (tertiary/aromatic N) is 2. The first-order valence-electron chi connectivity index (χ1n) is 9.08. The van der Waals surface area contributed by atoms with Crippen molar-refractivity contribution in [3.05, 3.63) is 47.8 Å². The third-order valence-electron chi connectivity index (χ3n) is 4.47. The van der Waals surface area contributed by atoms with Gasteiger partial charge in [0.2, 0.25) is 0 Å². The van der Waals surface area contributed by atoms with Gasteiger partial charge in [0.05, 0.1) is 36.9 Å². The Morgan fingerprint density at radius 2 is 2.00 bits per heavy atom. The van der Waals surface area contributed by atoms with Crippen LogP contribution in [-0.4, -0.2) is 30.3 Å². The summed E-state index contributed by atoms with van der Waals surface area (Å²) in [5.74, 6) is 2.54. The van der Waals surface area contributed by atoms with E-state index < -0.39 is 0 Å². The summed E-state index contributed by atoms with van der Waals surface area (Å²) in [5, 5.41) is 9.64. The van der Waals surface area contributed by atoms with Gasteiger partial charge in [0.1, 0.15) is 17.6 Å². The van der Waals surface area contributed by atoms with Gasteiger partial charge in [-0.15, -0.1) is 0 Å². The summed E-state index contributed by atoms with van der Waals surface area (Å²) < 4.78 is 16.6. The van der Waals surface area contributed by atoms with Crippen LogP contribution in [0.25, 0.3) is 22.7 Å². The van der Waals surface area contributed by atoms with E-state index >= 15 is 0 Å². The minimum Gasteiger partial charge on any atom is -0.497 e. The second-order valence-electron chi connectivity index (χ2n) is 6.39. The molecule has 0 aliphatic carbocycles. The van der Waals surface area contributed by atoms with E-state index in [9.17, 15) is 5.26 Å². The summed E-state index contributed by atoms with van der Waals surface area (Å²) in [5.41, 5.74) is 2.83. The van der Waals surface area contributed by atoms with E-state index in [0.717, 1.165) is 28.8 Å². The zero-order valence-corrected chi connectivity index (χ0v) is 16.4. The molecule has 1 N–H and O–H groups in total. The zero-order valence-electron chi connectivity index (χ0n) is 16.4. The first kappa shape index (κ1) is 19.3. The molecule has 0 amide bonds. The van der Waals surface area contributed by atoms with Crippen LogP contribution < -0.4 is 14.2 Å². The molecule has 144 valence electrons. The first-order valence-corrected chi connectivity index (χ1v) is 9.08. The van der Waals surface area contributed by atoms with E-state index in [1.54, 1.807) is 20.3 Å². The van der Waals surface area contributed by atoms with Crippen LogP contribution >= 0.6 is 0 Å². The van der Waals surface area contributed by atoms with Crippen molar-refractivity contribution < 1.29 is 14.2 Å². The highest BCUT2D eigenvalue weighted by Crippen LogP contribution is 2.31. The summed E-state index contributed by atoms with van der Waals surface area (Å²) >= 11 is 0. The number of allylic oxidation sites excluding steroid dienone is 1. The highest BCUT2D eigenvalue weighted by atomic mass is 16.5. The van der Waals surface area contributed by atoms with Crippen molar-refractivity contribution in [2.45, 2.75) is 26.4 Å². The van der Waals surface area contributed by atoms with Crippen LogP contribution in [0.3, 0.4) is 0 Å². The number of imidazole rings is 1. The number of methoxy groups -OCH3 is 2. The molecule has 0 spiro atoms. The van der Waals surface area contributed by atoms with Crippen LogP contribution in [0.2, 0.25) is 0 Å². The number of fused-ring (bicyclic) bond motifs is 1. The van der Waals surface area contributed by atoms with Gasteiger partial charge in [-0.05, 0) is 49.2 Å². The second-order valence-corrected chi connectivity index (χ2v) is 6.39. The minimum absolute atomic E-state index is 0.0949. The Hall–Kier alpha value is -3.46. The van der Waals surface area contributed by atoms with Crippen molar-refractivity contribution in [2.75, 3.05) is 14.2 Å². The van der Waals surface area contributed by atoms with E-state index in [1.807, 2.05) is 43.3 Å². The lowest BCUT2D eigenvalue weighted by Crippen LogP contribution is -2.10. The monoisotopic (exact) mass is 377 g/mol.